The molecule has 0 bridgehead atoms. The third kappa shape index (κ3) is 5.50. The Morgan fingerprint density at radius 3 is 2.70 bits per heavy atom. The summed E-state index contributed by atoms with van der Waals surface area (Å²) in [5, 5.41) is 2.98. The molecule has 0 spiro atoms. The Labute approximate surface area is 131 Å². The van der Waals surface area contributed by atoms with Crippen LogP contribution in [0.3, 0.4) is 0 Å². The minimum absolute atomic E-state index is 0. The second-order valence-corrected chi connectivity index (χ2v) is 5.82. The van der Waals surface area contributed by atoms with Gasteiger partial charge in [-0.2, -0.15) is 0 Å². The second-order valence-electron chi connectivity index (χ2n) is 4.82. The van der Waals surface area contributed by atoms with Gasteiger partial charge in [-0.15, -0.1) is 24.2 Å². The first kappa shape index (κ1) is 19.5. The van der Waals surface area contributed by atoms with Gasteiger partial charge in [0.2, 0.25) is 11.8 Å². The van der Waals surface area contributed by atoms with E-state index < -0.39 is 0 Å². The smallest absolute Gasteiger partial charge is 0.243 e. The number of carbonyl (C=O) groups is 2. The highest BCUT2D eigenvalue weighted by Gasteiger charge is 2.34. The van der Waals surface area contributed by atoms with Gasteiger partial charge in [-0.3, -0.25) is 9.59 Å². The fourth-order valence-electron chi connectivity index (χ4n) is 2.11. The summed E-state index contributed by atoms with van der Waals surface area (Å²) in [7, 11) is 0. The van der Waals surface area contributed by atoms with Crippen molar-refractivity contribution in [2.24, 2.45) is 5.73 Å². The third-order valence-corrected chi connectivity index (χ3v) is 4.36. The van der Waals surface area contributed by atoms with Crippen molar-refractivity contribution < 1.29 is 9.59 Å². The molecule has 2 amide bonds. The zero-order chi connectivity index (χ0) is 14.3. The number of thioether (sulfide) groups is 1. The molecular weight excluding hydrogens is 298 g/mol. The Morgan fingerprint density at radius 1 is 1.45 bits per heavy atom. The Morgan fingerprint density at radius 2 is 2.15 bits per heavy atom. The standard InChI is InChI=1S/C13H25N3O2S.ClH/c1-3-5-6-10(7-14)15-13(18)11-8-19-9-16(11)12(17)4-2;/h10-11H,3-9,14H2,1-2H3,(H,15,18);1H. The first-order valence-corrected chi connectivity index (χ1v) is 8.17. The number of carbonyl (C=O) groups excluding carboxylic acids is 2. The van der Waals surface area contributed by atoms with E-state index >= 15 is 0 Å². The second kappa shape index (κ2) is 10.3. The number of nitrogens with one attached hydrogen (secondary N) is 1. The van der Waals surface area contributed by atoms with Crippen molar-refractivity contribution in [1.82, 2.24) is 10.2 Å². The molecule has 0 aromatic rings. The maximum atomic E-state index is 12.2. The summed E-state index contributed by atoms with van der Waals surface area (Å²) >= 11 is 1.63. The molecule has 1 aliphatic rings. The summed E-state index contributed by atoms with van der Waals surface area (Å²) in [5.74, 6) is 1.29. The lowest BCUT2D eigenvalue weighted by molar-refractivity contribution is -0.138. The Balaban J connectivity index is 0.00000361. The van der Waals surface area contributed by atoms with E-state index in [9.17, 15) is 9.59 Å². The molecule has 0 radical (unpaired) electrons. The monoisotopic (exact) mass is 323 g/mol. The Kier molecular flexibility index (Phi) is 10.1. The van der Waals surface area contributed by atoms with Crippen LogP contribution in [-0.2, 0) is 9.59 Å². The number of halogens is 1. The zero-order valence-corrected chi connectivity index (χ0v) is 13.9. The van der Waals surface area contributed by atoms with Gasteiger partial charge in [-0.25, -0.2) is 0 Å². The molecule has 1 rings (SSSR count). The van der Waals surface area contributed by atoms with Crippen LogP contribution < -0.4 is 11.1 Å². The third-order valence-electron chi connectivity index (χ3n) is 3.34. The minimum Gasteiger partial charge on any atom is -0.350 e. The largest absolute Gasteiger partial charge is 0.350 e. The van der Waals surface area contributed by atoms with Gasteiger partial charge < -0.3 is 16.0 Å². The van der Waals surface area contributed by atoms with Crippen molar-refractivity contribution in [3.63, 3.8) is 0 Å². The van der Waals surface area contributed by atoms with Gasteiger partial charge in [0.25, 0.3) is 0 Å². The molecule has 1 heterocycles. The van der Waals surface area contributed by atoms with Crippen LogP contribution in [0, 0.1) is 0 Å². The van der Waals surface area contributed by atoms with Crippen molar-refractivity contribution in [2.75, 3.05) is 18.2 Å². The topological polar surface area (TPSA) is 75.4 Å². The van der Waals surface area contributed by atoms with Crippen molar-refractivity contribution in [1.29, 1.82) is 0 Å². The summed E-state index contributed by atoms with van der Waals surface area (Å²) in [4.78, 5) is 25.7. The highest BCUT2D eigenvalue weighted by atomic mass is 35.5. The average Bonchev–Trinajstić information content (AvgIpc) is 2.91. The van der Waals surface area contributed by atoms with E-state index in [-0.39, 0.29) is 36.3 Å². The van der Waals surface area contributed by atoms with Gasteiger partial charge in [-0.05, 0) is 6.42 Å². The first-order valence-electron chi connectivity index (χ1n) is 7.01. The van der Waals surface area contributed by atoms with Crippen molar-refractivity contribution in [2.45, 2.75) is 51.6 Å². The van der Waals surface area contributed by atoms with Crippen LogP contribution in [0.5, 0.6) is 0 Å². The lowest BCUT2D eigenvalue weighted by Gasteiger charge is -2.25. The fourth-order valence-corrected chi connectivity index (χ4v) is 3.29. The highest BCUT2D eigenvalue weighted by molar-refractivity contribution is 7.99. The van der Waals surface area contributed by atoms with Crippen molar-refractivity contribution in [3.05, 3.63) is 0 Å². The van der Waals surface area contributed by atoms with E-state index in [0.29, 0.717) is 24.6 Å². The normalized spacial score (nSPS) is 19.4. The molecule has 3 N–H and O–H groups in total. The quantitative estimate of drug-likeness (QED) is 0.741. The number of nitrogens with two attached hydrogens (primary N) is 1. The van der Waals surface area contributed by atoms with E-state index in [2.05, 4.69) is 12.2 Å². The number of unbranched alkanes of at least 4 members (excludes halogenated alkanes) is 1. The van der Waals surface area contributed by atoms with Gasteiger partial charge in [-0.1, -0.05) is 26.7 Å². The molecule has 0 aromatic carbocycles. The van der Waals surface area contributed by atoms with Gasteiger partial charge in [0.15, 0.2) is 0 Å². The van der Waals surface area contributed by atoms with Crippen LogP contribution in [0.1, 0.15) is 39.5 Å². The molecule has 2 unspecified atom stereocenters. The maximum absolute atomic E-state index is 12.2. The molecular formula is C13H26ClN3O2S. The summed E-state index contributed by atoms with van der Waals surface area (Å²) in [5.41, 5.74) is 5.68. The summed E-state index contributed by atoms with van der Waals surface area (Å²) < 4.78 is 0. The molecule has 1 saturated heterocycles. The highest BCUT2D eigenvalue weighted by Crippen LogP contribution is 2.22. The molecule has 20 heavy (non-hydrogen) atoms. The zero-order valence-electron chi connectivity index (χ0n) is 12.3. The van der Waals surface area contributed by atoms with Gasteiger partial charge in [0.05, 0.1) is 5.88 Å². The predicted octanol–water partition coefficient (Wildman–Crippen LogP) is 1.35. The van der Waals surface area contributed by atoms with Crippen LogP contribution >= 0.6 is 24.2 Å². The van der Waals surface area contributed by atoms with Crippen LogP contribution in [0.25, 0.3) is 0 Å². The van der Waals surface area contributed by atoms with Crippen molar-refractivity contribution >= 4 is 36.0 Å². The van der Waals surface area contributed by atoms with E-state index in [1.165, 1.54) is 0 Å². The summed E-state index contributed by atoms with van der Waals surface area (Å²) in [6.45, 7) is 4.39. The predicted molar refractivity (Wildman–Crippen MR) is 86.0 cm³/mol. The summed E-state index contributed by atoms with van der Waals surface area (Å²) in [6.07, 6.45) is 3.49. The molecule has 5 nitrogen and oxygen atoms in total. The molecule has 0 aromatic heterocycles. The number of nitrogens with zero attached hydrogens (tertiary/aromatic N) is 1. The van der Waals surface area contributed by atoms with E-state index in [0.717, 1.165) is 19.3 Å². The van der Waals surface area contributed by atoms with Crippen LogP contribution in [0.4, 0.5) is 0 Å². The number of amides is 2. The van der Waals surface area contributed by atoms with Gasteiger partial charge in [0, 0.05) is 24.8 Å². The van der Waals surface area contributed by atoms with Gasteiger partial charge in [0.1, 0.15) is 6.04 Å². The molecule has 0 saturated carbocycles. The minimum atomic E-state index is -0.326. The maximum Gasteiger partial charge on any atom is 0.243 e. The van der Waals surface area contributed by atoms with Crippen LogP contribution in [0.2, 0.25) is 0 Å². The van der Waals surface area contributed by atoms with E-state index in [4.69, 9.17) is 5.73 Å². The average molecular weight is 324 g/mol. The Bertz CT molecular complexity index is 318. The summed E-state index contributed by atoms with van der Waals surface area (Å²) in [6, 6.07) is -0.301. The number of rotatable bonds is 7. The molecule has 1 fully saturated rings. The number of hydrogen-bond donors (Lipinski definition) is 2. The number of hydrogen-bond acceptors (Lipinski definition) is 4. The SMILES string of the molecule is CCCCC(CN)NC(=O)C1CSCN1C(=O)CC.Cl. The Hall–Kier alpha value is -0.460. The molecule has 0 aliphatic carbocycles. The molecule has 2 atom stereocenters. The first-order chi connectivity index (χ1) is 9.13. The molecule has 1 aliphatic heterocycles. The van der Waals surface area contributed by atoms with Crippen LogP contribution in [0.15, 0.2) is 0 Å². The molecule has 7 heteroatoms. The van der Waals surface area contributed by atoms with Crippen LogP contribution in [-0.4, -0.2) is 47.0 Å². The fraction of sp³-hybridized carbons (Fsp3) is 0.846. The van der Waals surface area contributed by atoms with Crippen molar-refractivity contribution in [3.8, 4) is 0 Å². The van der Waals surface area contributed by atoms with E-state index in [1.54, 1.807) is 16.7 Å². The lowest BCUT2D eigenvalue weighted by Crippen LogP contribution is -2.51. The van der Waals surface area contributed by atoms with Gasteiger partial charge >= 0.3 is 0 Å². The van der Waals surface area contributed by atoms with E-state index in [1.807, 2.05) is 6.92 Å². The molecule has 118 valence electrons. The lowest BCUT2D eigenvalue weighted by atomic mass is 10.1.